The summed E-state index contributed by atoms with van der Waals surface area (Å²) in [5.74, 6) is 0.814. The fourth-order valence-electron chi connectivity index (χ4n) is 4.74. The zero-order valence-corrected chi connectivity index (χ0v) is 23.8. The highest BCUT2D eigenvalue weighted by molar-refractivity contribution is 7.89. The Hall–Kier alpha value is -2.73. The molecule has 0 atom stereocenters. The number of aromatic amines is 2. The highest BCUT2D eigenvalue weighted by Crippen LogP contribution is 2.29. The maximum Gasteiger partial charge on any atom is 0.278 e. The lowest BCUT2D eigenvalue weighted by Crippen LogP contribution is -2.42. The molecule has 4 rings (SSSR count). The number of piperidine rings is 1. The number of imidazole rings is 1. The Kier molecular flexibility index (Phi) is 7.28. The SMILES string of the molecule is Cn1nc(C(C)(C)C)c2nc(N(CCC(C)(C)C)CC3CCN(S(=O)(=O)c4c[nH]cn4)CC3)[nH]c(=O)c21. The average Bonchev–Trinajstić information content (AvgIpc) is 3.45. The molecule has 0 radical (unpaired) electrons. The van der Waals surface area contributed by atoms with Crippen LogP contribution in [0.5, 0.6) is 0 Å². The van der Waals surface area contributed by atoms with Crippen molar-refractivity contribution in [1.29, 1.82) is 0 Å². The van der Waals surface area contributed by atoms with E-state index in [0.717, 1.165) is 31.5 Å². The third-order valence-corrected chi connectivity index (χ3v) is 8.75. The average molecular weight is 533 g/mol. The first-order valence-electron chi connectivity index (χ1n) is 12.9. The predicted molar refractivity (Wildman–Crippen MR) is 144 cm³/mol. The van der Waals surface area contributed by atoms with E-state index in [1.807, 2.05) is 0 Å². The van der Waals surface area contributed by atoms with Crippen LogP contribution in [0.4, 0.5) is 5.95 Å². The quantitative estimate of drug-likeness (QED) is 0.478. The van der Waals surface area contributed by atoms with Crippen LogP contribution in [0.2, 0.25) is 0 Å². The van der Waals surface area contributed by atoms with Crippen molar-refractivity contribution in [3.63, 3.8) is 0 Å². The minimum atomic E-state index is -3.59. The molecule has 0 saturated carbocycles. The molecule has 1 aliphatic rings. The molecule has 1 saturated heterocycles. The number of hydrogen-bond acceptors (Lipinski definition) is 7. The molecular formula is C25H40N8O3S. The van der Waals surface area contributed by atoms with Gasteiger partial charge >= 0.3 is 0 Å². The second kappa shape index (κ2) is 9.86. The van der Waals surface area contributed by atoms with Gasteiger partial charge in [0.2, 0.25) is 5.95 Å². The minimum Gasteiger partial charge on any atom is -0.350 e. The number of anilines is 1. The Morgan fingerprint density at radius 2 is 1.81 bits per heavy atom. The zero-order valence-electron chi connectivity index (χ0n) is 23.0. The molecule has 3 aromatic heterocycles. The van der Waals surface area contributed by atoms with E-state index < -0.39 is 10.0 Å². The number of aryl methyl sites for hydroxylation is 1. The van der Waals surface area contributed by atoms with Gasteiger partial charge < -0.3 is 9.88 Å². The molecule has 0 spiro atoms. The summed E-state index contributed by atoms with van der Waals surface area (Å²) in [4.78, 5) is 29.9. The second-order valence-electron chi connectivity index (χ2n) is 12.3. The van der Waals surface area contributed by atoms with Gasteiger partial charge in [-0.2, -0.15) is 9.40 Å². The lowest BCUT2D eigenvalue weighted by Gasteiger charge is -2.35. The summed E-state index contributed by atoms with van der Waals surface area (Å²) in [7, 11) is -1.82. The maximum atomic E-state index is 13.2. The first kappa shape index (κ1) is 27.3. The summed E-state index contributed by atoms with van der Waals surface area (Å²) in [6, 6.07) is 0. The smallest absolute Gasteiger partial charge is 0.278 e. The van der Waals surface area contributed by atoms with Crippen LogP contribution in [0.25, 0.3) is 11.0 Å². The molecule has 0 unspecified atom stereocenters. The second-order valence-corrected chi connectivity index (χ2v) is 14.2. The van der Waals surface area contributed by atoms with E-state index in [9.17, 15) is 13.2 Å². The van der Waals surface area contributed by atoms with Gasteiger partial charge in [-0.1, -0.05) is 41.5 Å². The van der Waals surface area contributed by atoms with Crippen LogP contribution in [0, 0.1) is 11.3 Å². The van der Waals surface area contributed by atoms with Gasteiger partial charge in [0.05, 0.1) is 12.0 Å². The summed E-state index contributed by atoms with van der Waals surface area (Å²) in [6.45, 7) is 15.1. The van der Waals surface area contributed by atoms with Gasteiger partial charge in [0.1, 0.15) is 5.52 Å². The molecule has 11 nitrogen and oxygen atoms in total. The minimum absolute atomic E-state index is 0.0546. The molecule has 1 fully saturated rings. The summed E-state index contributed by atoms with van der Waals surface area (Å²) in [5.41, 5.74) is 1.54. The normalized spacial score (nSPS) is 16.5. The van der Waals surface area contributed by atoms with E-state index >= 15 is 0 Å². The van der Waals surface area contributed by atoms with Gasteiger partial charge in [0.15, 0.2) is 10.5 Å². The molecule has 0 amide bonds. The Bertz CT molecular complexity index is 1390. The number of nitrogens with one attached hydrogen (secondary N) is 2. The Balaban J connectivity index is 1.59. The highest BCUT2D eigenvalue weighted by Gasteiger charge is 2.32. The third-order valence-electron chi connectivity index (χ3n) is 6.95. The fourth-order valence-corrected chi connectivity index (χ4v) is 6.10. The standard InChI is InChI=1S/C25H40N8O3S/c1-24(2,3)10-13-32(15-17-8-11-33(12-9-17)37(35,36)18-14-26-16-27-18)23-28-19-20(22(34)29-23)31(7)30-21(19)25(4,5)6/h14,16-17H,8-13,15H2,1-7H3,(H,26,27)(H,28,29,34). The van der Waals surface area contributed by atoms with Crippen LogP contribution >= 0.6 is 0 Å². The summed E-state index contributed by atoms with van der Waals surface area (Å²) >= 11 is 0. The van der Waals surface area contributed by atoms with E-state index in [1.54, 1.807) is 11.7 Å². The Morgan fingerprint density at radius 3 is 2.38 bits per heavy atom. The van der Waals surface area contributed by atoms with Crippen molar-refractivity contribution in [2.75, 3.05) is 31.1 Å². The van der Waals surface area contributed by atoms with Gasteiger partial charge in [-0.25, -0.2) is 18.4 Å². The molecule has 2 N–H and O–H groups in total. The van der Waals surface area contributed by atoms with E-state index in [-0.39, 0.29) is 27.3 Å². The van der Waals surface area contributed by atoms with Gasteiger partial charge in [0, 0.05) is 44.8 Å². The molecule has 0 bridgehead atoms. The monoisotopic (exact) mass is 532 g/mol. The molecule has 204 valence electrons. The van der Waals surface area contributed by atoms with E-state index in [1.165, 1.54) is 16.8 Å². The fraction of sp³-hybridized carbons (Fsp3) is 0.680. The number of H-pyrrole nitrogens is 2. The molecule has 1 aliphatic heterocycles. The molecule has 0 aliphatic carbocycles. The number of rotatable bonds is 7. The first-order valence-corrected chi connectivity index (χ1v) is 14.3. The van der Waals surface area contributed by atoms with Crippen molar-refractivity contribution in [1.82, 2.24) is 34.0 Å². The van der Waals surface area contributed by atoms with Gasteiger partial charge in [-0.15, -0.1) is 0 Å². The zero-order chi connectivity index (χ0) is 27.2. The molecule has 37 heavy (non-hydrogen) atoms. The predicted octanol–water partition coefficient (Wildman–Crippen LogP) is 3.02. The van der Waals surface area contributed by atoms with Gasteiger partial charge in [0.25, 0.3) is 15.6 Å². The van der Waals surface area contributed by atoms with Crippen LogP contribution in [-0.2, 0) is 22.5 Å². The van der Waals surface area contributed by atoms with Crippen LogP contribution in [0.15, 0.2) is 22.3 Å². The van der Waals surface area contributed by atoms with E-state index in [2.05, 4.69) is 66.5 Å². The van der Waals surface area contributed by atoms with E-state index in [0.29, 0.717) is 36.6 Å². The van der Waals surface area contributed by atoms with Crippen molar-refractivity contribution >= 4 is 27.0 Å². The van der Waals surface area contributed by atoms with Crippen LogP contribution < -0.4 is 10.5 Å². The molecule has 4 heterocycles. The summed E-state index contributed by atoms with van der Waals surface area (Å²) in [6.07, 6.45) is 5.16. The third kappa shape index (κ3) is 5.90. The topological polar surface area (TPSA) is 133 Å². The number of fused-ring (bicyclic) bond motifs is 1. The summed E-state index contributed by atoms with van der Waals surface area (Å²) in [5, 5.41) is 4.68. The lowest BCUT2D eigenvalue weighted by atomic mass is 9.91. The van der Waals surface area contributed by atoms with Gasteiger partial charge in [-0.3, -0.25) is 14.5 Å². The lowest BCUT2D eigenvalue weighted by molar-refractivity contribution is 0.271. The Morgan fingerprint density at radius 1 is 1.14 bits per heavy atom. The van der Waals surface area contributed by atoms with Crippen LogP contribution in [-0.4, -0.2) is 68.6 Å². The molecule has 0 aromatic carbocycles. The number of sulfonamides is 1. The van der Waals surface area contributed by atoms with E-state index in [4.69, 9.17) is 4.98 Å². The van der Waals surface area contributed by atoms with Gasteiger partial charge in [-0.05, 0) is 30.6 Å². The Labute approximate surface area is 218 Å². The van der Waals surface area contributed by atoms with Crippen molar-refractivity contribution in [3.8, 4) is 0 Å². The van der Waals surface area contributed by atoms with Crippen molar-refractivity contribution in [2.45, 2.75) is 71.2 Å². The molecule has 12 heteroatoms. The number of aromatic nitrogens is 6. The van der Waals surface area contributed by atoms with Crippen LogP contribution in [0.3, 0.4) is 0 Å². The molecular weight excluding hydrogens is 492 g/mol. The number of hydrogen-bond donors (Lipinski definition) is 2. The largest absolute Gasteiger partial charge is 0.350 e. The van der Waals surface area contributed by atoms with Crippen molar-refractivity contribution < 1.29 is 8.42 Å². The summed E-state index contributed by atoms with van der Waals surface area (Å²) < 4.78 is 28.8. The molecule has 3 aromatic rings. The van der Waals surface area contributed by atoms with Crippen LogP contribution in [0.1, 0.15) is 66.5 Å². The maximum absolute atomic E-state index is 13.2. The highest BCUT2D eigenvalue weighted by atomic mass is 32.2. The first-order chi connectivity index (χ1) is 17.2. The van der Waals surface area contributed by atoms with Crippen molar-refractivity contribution in [2.24, 2.45) is 18.4 Å². The number of nitrogens with zero attached hydrogens (tertiary/aromatic N) is 6. The van der Waals surface area contributed by atoms with Crippen molar-refractivity contribution in [3.05, 3.63) is 28.6 Å².